The van der Waals surface area contributed by atoms with Crippen LogP contribution in [-0.4, -0.2) is 11.9 Å². The zero-order chi connectivity index (χ0) is 7.15. The van der Waals surface area contributed by atoms with Gasteiger partial charge in [0, 0.05) is 29.0 Å². The molecule has 0 saturated heterocycles. The van der Waals surface area contributed by atoms with E-state index < -0.39 is 11.9 Å². The summed E-state index contributed by atoms with van der Waals surface area (Å²) in [6.45, 7) is 1.94. The molecule has 0 aliphatic carbocycles. The zero-order valence-corrected chi connectivity index (χ0v) is 7.88. The van der Waals surface area contributed by atoms with Crippen molar-refractivity contribution in [2.24, 2.45) is 0 Å². The Morgan fingerprint density at radius 2 is 0.909 bits per heavy atom. The molecule has 0 rings (SSSR count). The summed E-state index contributed by atoms with van der Waals surface area (Å²) in [5.74, 6) is -2.17. The van der Waals surface area contributed by atoms with Gasteiger partial charge in [-0.2, -0.15) is 0 Å². The predicted molar refractivity (Wildman–Crippen MR) is 33.3 cm³/mol. The molecule has 0 atom stereocenters. The minimum absolute atomic E-state index is 0. The summed E-state index contributed by atoms with van der Waals surface area (Å²) in [5, 5.41) is 17.8. The Hall–Kier alpha value is -0.621. The van der Waals surface area contributed by atoms with E-state index in [1.807, 2.05) is 0 Å². The van der Waals surface area contributed by atoms with Crippen LogP contribution in [0.2, 0.25) is 0 Å². The molecule has 1 radical (unpaired) electrons. The van der Waals surface area contributed by atoms with Crippen LogP contribution in [0.4, 0.5) is 0 Å². The molecule has 0 aliphatic rings. The molecule has 0 aromatic heterocycles. The summed E-state index contributed by atoms with van der Waals surface area (Å²) < 4.78 is 0. The van der Waals surface area contributed by atoms with Crippen LogP contribution >= 0.6 is 0 Å². The van der Waals surface area contributed by atoms with E-state index in [0.717, 1.165) is 13.8 Å². The third-order valence-electron chi connectivity index (χ3n) is 0. The van der Waals surface area contributed by atoms with E-state index >= 15 is 0 Å². The molecule has 6 nitrogen and oxygen atoms in total. The zero-order valence-electron chi connectivity index (χ0n) is 6.93. The molecule has 0 aromatic rings. The van der Waals surface area contributed by atoms with E-state index in [0.29, 0.717) is 0 Å². The van der Waals surface area contributed by atoms with E-state index in [4.69, 9.17) is 19.8 Å². The van der Waals surface area contributed by atoms with Crippen molar-refractivity contribution in [2.45, 2.75) is 13.8 Å². The first kappa shape index (κ1) is 31.6. The Bertz CT molecular complexity index is 78.1. The van der Waals surface area contributed by atoms with Gasteiger partial charge in [-0.1, -0.05) is 0 Å². The first-order valence-electron chi connectivity index (χ1n) is 1.82. The smallest absolute Gasteiger partial charge is 0.0383 e. The topological polar surface area (TPSA) is 153 Å². The summed E-state index contributed by atoms with van der Waals surface area (Å²) in [6, 6.07) is 0. The second kappa shape index (κ2) is 22.8. The monoisotopic (exact) mass is 217 g/mol. The minimum Gasteiger partial charge on any atom is -0.550 e. The maximum atomic E-state index is 8.89. The van der Waals surface area contributed by atoms with Gasteiger partial charge in [0.05, 0.1) is 0 Å². The number of aliphatic carboxylic acids is 2. The maximum Gasteiger partial charge on any atom is 0.0383 e. The Kier molecular flexibility index (Phi) is 65.3. The van der Waals surface area contributed by atoms with Gasteiger partial charge in [0.2, 0.25) is 0 Å². The van der Waals surface area contributed by atoms with Crippen LogP contribution in [0.1, 0.15) is 13.8 Å². The fraction of sp³-hybridized carbons (Fsp3) is 0.500. The number of carbonyl (C=O) groups is 2. The van der Waals surface area contributed by atoms with Crippen LogP contribution in [0, 0.1) is 0 Å². The fourth-order valence-electron chi connectivity index (χ4n) is 0. The summed E-state index contributed by atoms with van der Waals surface area (Å²) in [7, 11) is 0. The van der Waals surface area contributed by atoms with Crippen LogP contribution in [0.25, 0.3) is 0 Å². The molecule has 0 aromatic carbocycles. The Balaban J connectivity index is -0.0000000171. The average Bonchev–Trinajstić information content (AvgIpc) is 1.25. The van der Waals surface area contributed by atoms with Gasteiger partial charge in [-0.05, 0) is 13.8 Å². The molecular weight excluding hydrogens is 204 g/mol. The molecule has 8 N–H and O–H groups in total. The number of carbonyl (C=O) groups excluding carboxylic acids is 2. The normalized spacial score (nSPS) is 4.55. The van der Waals surface area contributed by atoms with Crippen molar-refractivity contribution in [3.05, 3.63) is 0 Å². The van der Waals surface area contributed by atoms with Gasteiger partial charge in [0.25, 0.3) is 0 Å². The summed E-state index contributed by atoms with van der Waals surface area (Å²) in [4.78, 5) is 17.8. The number of quaternary nitrogens is 2. The Morgan fingerprint density at radius 3 is 0.909 bits per heavy atom. The molecule has 0 heterocycles. The van der Waals surface area contributed by atoms with Gasteiger partial charge in [-0.3, -0.25) is 0 Å². The second-order valence-electron chi connectivity index (χ2n) is 0.983. The number of rotatable bonds is 0. The summed E-state index contributed by atoms with van der Waals surface area (Å²) in [6.07, 6.45) is 0. The molecule has 7 heteroatoms. The molecular formula is C4H14CuN2O4. The fourth-order valence-corrected chi connectivity index (χ4v) is 0. The molecule has 0 spiro atoms. The molecule has 0 fully saturated rings. The van der Waals surface area contributed by atoms with E-state index in [9.17, 15) is 0 Å². The number of hydrogen-bond acceptors (Lipinski definition) is 4. The third kappa shape index (κ3) is 1330. The van der Waals surface area contributed by atoms with Gasteiger partial charge >= 0.3 is 0 Å². The third-order valence-corrected chi connectivity index (χ3v) is 0. The first-order valence-corrected chi connectivity index (χ1v) is 1.82. The molecule has 0 amide bonds. The SMILES string of the molecule is CC(=O)[O-].CC(=O)[O-].[Cu].[NH4+].[NH4+]. The maximum absolute atomic E-state index is 8.89. The average molecular weight is 218 g/mol. The van der Waals surface area contributed by atoms with Crippen LogP contribution in [0.5, 0.6) is 0 Å². The first-order chi connectivity index (χ1) is 3.46. The number of carboxylic acids is 2. The molecule has 0 unspecified atom stereocenters. The van der Waals surface area contributed by atoms with Gasteiger partial charge < -0.3 is 32.1 Å². The second-order valence-corrected chi connectivity index (χ2v) is 0.983. The number of hydrogen-bond donors (Lipinski definition) is 2. The van der Waals surface area contributed by atoms with Crippen LogP contribution in [0.3, 0.4) is 0 Å². The van der Waals surface area contributed by atoms with Crippen molar-refractivity contribution < 1.29 is 36.9 Å². The van der Waals surface area contributed by atoms with Crippen molar-refractivity contribution in [3.8, 4) is 0 Å². The van der Waals surface area contributed by atoms with Crippen LogP contribution in [-0.2, 0) is 26.7 Å². The Morgan fingerprint density at radius 1 is 0.909 bits per heavy atom. The van der Waals surface area contributed by atoms with E-state index in [1.54, 1.807) is 0 Å². The molecule has 75 valence electrons. The standard InChI is InChI=1S/2C2H4O2.Cu.2H3N/c2*1-2(3)4;;;/h2*1H3,(H,3,4);;2*1H3. The van der Waals surface area contributed by atoms with Crippen LogP contribution in [0.15, 0.2) is 0 Å². The van der Waals surface area contributed by atoms with Crippen molar-refractivity contribution in [3.63, 3.8) is 0 Å². The van der Waals surface area contributed by atoms with E-state index in [2.05, 4.69) is 0 Å². The van der Waals surface area contributed by atoms with E-state index in [-0.39, 0.29) is 29.4 Å². The van der Waals surface area contributed by atoms with Crippen LogP contribution < -0.4 is 22.5 Å². The largest absolute Gasteiger partial charge is 0.550 e. The van der Waals surface area contributed by atoms with E-state index in [1.165, 1.54) is 0 Å². The van der Waals surface area contributed by atoms with Crippen molar-refractivity contribution in [1.29, 1.82) is 0 Å². The Labute approximate surface area is 75.6 Å². The van der Waals surface area contributed by atoms with Gasteiger partial charge in [-0.25, -0.2) is 0 Å². The minimum atomic E-state index is -1.08. The van der Waals surface area contributed by atoms with Gasteiger partial charge in [0.1, 0.15) is 0 Å². The van der Waals surface area contributed by atoms with Gasteiger partial charge in [0.15, 0.2) is 0 Å². The van der Waals surface area contributed by atoms with Crippen molar-refractivity contribution in [2.75, 3.05) is 0 Å². The summed E-state index contributed by atoms with van der Waals surface area (Å²) in [5.41, 5.74) is 0. The molecule has 0 saturated carbocycles. The van der Waals surface area contributed by atoms with Gasteiger partial charge in [-0.15, -0.1) is 0 Å². The molecule has 0 aliphatic heterocycles. The predicted octanol–water partition coefficient (Wildman–Crippen LogP) is -1.74. The van der Waals surface area contributed by atoms with Crippen molar-refractivity contribution >= 4 is 11.9 Å². The summed E-state index contributed by atoms with van der Waals surface area (Å²) >= 11 is 0. The van der Waals surface area contributed by atoms with Crippen molar-refractivity contribution in [1.82, 2.24) is 12.3 Å². The quantitative estimate of drug-likeness (QED) is 0.463. The number of carboxylic acid groups (broad SMARTS) is 2. The molecule has 11 heavy (non-hydrogen) atoms. The molecule has 0 bridgehead atoms.